The third kappa shape index (κ3) is 26.9. The largest absolute Gasteiger partial charge is 0.480 e. The monoisotopic (exact) mass is 581 g/mol. The van der Waals surface area contributed by atoms with Gasteiger partial charge in [-0.1, -0.05) is 116 Å². The van der Waals surface area contributed by atoms with Gasteiger partial charge >= 0.3 is 19.8 Å². The van der Waals surface area contributed by atoms with Crippen molar-refractivity contribution in [3.8, 4) is 0 Å². The summed E-state index contributed by atoms with van der Waals surface area (Å²) >= 11 is 0. The summed E-state index contributed by atoms with van der Waals surface area (Å²) in [5.74, 6) is -1.96. The molecule has 0 aromatic carbocycles. The van der Waals surface area contributed by atoms with Gasteiger partial charge in [-0.05, 0) is 6.42 Å². The highest BCUT2D eigenvalue weighted by Crippen LogP contribution is 2.43. The maximum atomic E-state index is 11.9. The Kier molecular flexibility index (Phi) is 25.2. The first-order valence-electron chi connectivity index (χ1n) is 15.0. The molecule has 0 heterocycles. The first-order chi connectivity index (χ1) is 18.7. The summed E-state index contributed by atoms with van der Waals surface area (Å²) in [6, 6.07) is -1.46. The van der Waals surface area contributed by atoms with Gasteiger partial charge in [0.05, 0.1) is 19.8 Å². The normalized spacial score (nSPS) is 14.6. The lowest BCUT2D eigenvalue weighted by Gasteiger charge is -2.19. The Labute approximate surface area is 236 Å². The first kappa shape index (κ1) is 38.0. The lowest BCUT2D eigenvalue weighted by molar-refractivity contribution is -0.152. The Morgan fingerprint density at radius 2 is 1.13 bits per heavy atom. The topological polar surface area (TPSA) is 155 Å². The molecule has 232 valence electrons. The minimum absolute atomic E-state index is 0.00712. The van der Waals surface area contributed by atoms with E-state index in [9.17, 15) is 19.0 Å². The maximum absolute atomic E-state index is 11.9. The van der Waals surface area contributed by atoms with Crippen LogP contribution in [0.25, 0.3) is 0 Å². The van der Waals surface area contributed by atoms with E-state index in [1.807, 2.05) is 0 Å². The van der Waals surface area contributed by atoms with Crippen molar-refractivity contribution in [2.24, 2.45) is 5.73 Å². The second-order valence-electron chi connectivity index (χ2n) is 10.3. The number of rotatable bonds is 29. The molecule has 0 spiro atoms. The molecule has 4 N–H and O–H groups in total. The molecule has 0 fully saturated rings. The van der Waals surface area contributed by atoms with E-state index in [1.165, 1.54) is 103 Å². The van der Waals surface area contributed by atoms with Gasteiger partial charge < -0.3 is 25.2 Å². The molecule has 0 saturated heterocycles. The summed E-state index contributed by atoms with van der Waals surface area (Å²) in [7, 11) is -4.55. The molecule has 10 nitrogen and oxygen atoms in total. The fraction of sp³-hybridized carbons (Fsp3) is 0.929. The van der Waals surface area contributed by atoms with Gasteiger partial charge in [0.25, 0.3) is 0 Å². The number of phosphoric acid groups is 1. The molecule has 0 rings (SSSR count). The third-order valence-electron chi connectivity index (χ3n) is 6.44. The highest BCUT2D eigenvalue weighted by molar-refractivity contribution is 7.47. The molecule has 0 aromatic rings. The van der Waals surface area contributed by atoms with Crippen molar-refractivity contribution in [1.82, 2.24) is 0 Å². The van der Waals surface area contributed by atoms with Gasteiger partial charge in [-0.3, -0.25) is 18.6 Å². The summed E-state index contributed by atoms with van der Waals surface area (Å²) in [5.41, 5.74) is 5.23. The number of ether oxygens (including phenoxy) is 2. The van der Waals surface area contributed by atoms with Crippen LogP contribution in [-0.4, -0.2) is 60.5 Å². The summed E-state index contributed by atoms with van der Waals surface area (Å²) in [4.78, 5) is 31.6. The minimum Gasteiger partial charge on any atom is -0.480 e. The Hall–Kier alpha value is -1.03. The van der Waals surface area contributed by atoms with E-state index in [2.05, 4.69) is 11.4 Å². The summed E-state index contributed by atoms with van der Waals surface area (Å²) < 4.78 is 31.8. The first-order valence-corrected chi connectivity index (χ1v) is 16.5. The van der Waals surface area contributed by atoms with Crippen LogP contribution in [-0.2, 0) is 32.7 Å². The van der Waals surface area contributed by atoms with Gasteiger partial charge in [0, 0.05) is 13.5 Å². The van der Waals surface area contributed by atoms with Crippen LogP contribution < -0.4 is 5.73 Å². The fourth-order valence-corrected chi connectivity index (χ4v) is 4.91. The number of hydrogen-bond acceptors (Lipinski definition) is 8. The van der Waals surface area contributed by atoms with Crippen LogP contribution in [0, 0.1) is 0 Å². The van der Waals surface area contributed by atoms with Crippen molar-refractivity contribution < 1.29 is 42.7 Å². The predicted molar refractivity (Wildman–Crippen MR) is 152 cm³/mol. The molecular formula is C28H56NO9P. The van der Waals surface area contributed by atoms with Crippen molar-refractivity contribution in [2.75, 3.05) is 26.4 Å². The molecule has 11 heteroatoms. The van der Waals surface area contributed by atoms with Crippen LogP contribution in [0.5, 0.6) is 0 Å². The summed E-state index contributed by atoms with van der Waals surface area (Å²) in [6.07, 6.45) is 22.6. The number of aliphatic carboxylic acids is 1. The number of esters is 1. The highest BCUT2D eigenvalue weighted by atomic mass is 31.2. The molecule has 0 aliphatic rings. The minimum atomic E-state index is -4.55. The Morgan fingerprint density at radius 1 is 0.718 bits per heavy atom. The fourth-order valence-electron chi connectivity index (χ4n) is 4.13. The molecule has 1 unspecified atom stereocenters. The van der Waals surface area contributed by atoms with Gasteiger partial charge in [-0.15, -0.1) is 0 Å². The highest BCUT2D eigenvalue weighted by Gasteiger charge is 2.27. The Bertz CT molecular complexity index is 651. The van der Waals surface area contributed by atoms with E-state index in [4.69, 9.17) is 24.8 Å². The lowest BCUT2D eigenvalue weighted by atomic mass is 10.0. The van der Waals surface area contributed by atoms with Gasteiger partial charge in [0.15, 0.2) is 0 Å². The van der Waals surface area contributed by atoms with Gasteiger partial charge in [-0.2, -0.15) is 0 Å². The molecular weight excluding hydrogens is 525 g/mol. The number of unbranched alkanes of at least 4 members (excludes halogenated alkanes) is 17. The summed E-state index contributed by atoms with van der Waals surface area (Å²) in [6.45, 7) is 2.83. The Morgan fingerprint density at radius 3 is 1.54 bits per heavy atom. The average molecular weight is 582 g/mol. The van der Waals surface area contributed by atoms with Gasteiger partial charge in [-0.25, -0.2) is 4.57 Å². The van der Waals surface area contributed by atoms with Crippen LogP contribution in [0.3, 0.4) is 0 Å². The standard InChI is InChI=1S/C28H56NO9P/c1-3-4-5-6-7-8-9-10-11-12-13-14-15-16-17-18-19-20-21-35-22-26(38-25(2)30)23-36-39(33,34)37-24-27(29)28(31)32/h26-27H,3-24,29H2,1-2H3,(H,31,32)(H,33,34)/t26-,27+/m1/s1. The van der Waals surface area contributed by atoms with Crippen LogP contribution in [0.1, 0.15) is 129 Å². The molecule has 0 aliphatic heterocycles. The van der Waals surface area contributed by atoms with E-state index < -0.39 is 45.1 Å². The van der Waals surface area contributed by atoms with Crippen LogP contribution in [0.15, 0.2) is 0 Å². The van der Waals surface area contributed by atoms with Crippen molar-refractivity contribution in [3.05, 3.63) is 0 Å². The van der Waals surface area contributed by atoms with Crippen molar-refractivity contribution in [2.45, 2.75) is 142 Å². The lowest BCUT2D eigenvalue weighted by Crippen LogP contribution is -2.34. The number of carbonyl (C=O) groups excluding carboxylic acids is 1. The smallest absolute Gasteiger partial charge is 0.472 e. The van der Waals surface area contributed by atoms with E-state index in [0.717, 1.165) is 19.3 Å². The molecule has 3 atom stereocenters. The second kappa shape index (κ2) is 25.9. The SMILES string of the molecule is CCCCCCCCCCCCCCCCCCCCOC[C@H](COP(=O)(O)OC[C@H](N)C(=O)O)OC(C)=O. The zero-order valence-electron chi connectivity index (χ0n) is 24.5. The van der Waals surface area contributed by atoms with Crippen molar-refractivity contribution in [1.29, 1.82) is 0 Å². The summed E-state index contributed by atoms with van der Waals surface area (Å²) in [5, 5.41) is 8.69. The Balaban J connectivity index is 3.67. The molecule has 0 radical (unpaired) electrons. The molecule has 0 saturated carbocycles. The number of carbonyl (C=O) groups is 2. The second-order valence-corrected chi connectivity index (χ2v) is 11.8. The number of nitrogens with two attached hydrogens (primary N) is 1. The molecule has 0 bridgehead atoms. The van der Waals surface area contributed by atoms with E-state index in [0.29, 0.717) is 6.61 Å². The molecule has 0 amide bonds. The third-order valence-corrected chi connectivity index (χ3v) is 7.39. The van der Waals surface area contributed by atoms with Gasteiger partial charge in [0.2, 0.25) is 0 Å². The predicted octanol–water partition coefficient (Wildman–Crippen LogP) is 6.52. The number of carboxylic acids is 1. The van der Waals surface area contributed by atoms with Crippen LogP contribution >= 0.6 is 7.82 Å². The number of carboxylic acid groups (broad SMARTS) is 1. The zero-order valence-corrected chi connectivity index (χ0v) is 25.4. The van der Waals surface area contributed by atoms with Crippen LogP contribution in [0.4, 0.5) is 0 Å². The number of hydrogen-bond donors (Lipinski definition) is 3. The number of phosphoric ester groups is 1. The maximum Gasteiger partial charge on any atom is 0.472 e. The van der Waals surface area contributed by atoms with Crippen molar-refractivity contribution >= 4 is 19.8 Å². The molecule has 39 heavy (non-hydrogen) atoms. The van der Waals surface area contributed by atoms with Crippen LogP contribution in [0.2, 0.25) is 0 Å². The van der Waals surface area contributed by atoms with E-state index in [1.54, 1.807) is 0 Å². The van der Waals surface area contributed by atoms with Gasteiger partial charge in [0.1, 0.15) is 12.1 Å². The average Bonchev–Trinajstić information content (AvgIpc) is 2.88. The molecule has 0 aliphatic carbocycles. The molecule has 0 aromatic heterocycles. The van der Waals surface area contributed by atoms with E-state index in [-0.39, 0.29) is 6.61 Å². The zero-order chi connectivity index (χ0) is 29.2. The van der Waals surface area contributed by atoms with E-state index >= 15 is 0 Å². The van der Waals surface area contributed by atoms with Crippen molar-refractivity contribution in [3.63, 3.8) is 0 Å². The quantitative estimate of drug-likeness (QED) is 0.0505.